The summed E-state index contributed by atoms with van der Waals surface area (Å²) in [6.07, 6.45) is 1.41. The largest absolute Gasteiger partial charge is 0.496 e. The summed E-state index contributed by atoms with van der Waals surface area (Å²) in [4.78, 5) is 11.5. The van der Waals surface area contributed by atoms with E-state index in [0.717, 1.165) is 5.56 Å². The van der Waals surface area contributed by atoms with E-state index < -0.39 is 22.0 Å². The third-order valence-electron chi connectivity index (χ3n) is 4.53. The summed E-state index contributed by atoms with van der Waals surface area (Å²) in [6.45, 7) is 1.32. The van der Waals surface area contributed by atoms with Gasteiger partial charge in [-0.2, -0.15) is 4.31 Å². The highest BCUT2D eigenvalue weighted by molar-refractivity contribution is 7.89. The van der Waals surface area contributed by atoms with Crippen LogP contribution >= 0.6 is 0 Å². The molecule has 1 aromatic carbocycles. The molecule has 1 fully saturated rings. The minimum Gasteiger partial charge on any atom is -0.496 e. The van der Waals surface area contributed by atoms with Gasteiger partial charge in [0.15, 0.2) is 0 Å². The summed E-state index contributed by atoms with van der Waals surface area (Å²) < 4.78 is 34.8. The molecular weight excluding hydrogens is 356 g/mol. The van der Waals surface area contributed by atoms with E-state index >= 15 is 0 Å². The number of hydrogen-bond donors (Lipinski definition) is 2. The molecule has 0 saturated carbocycles. The number of aryl methyl sites for hydroxylation is 1. The zero-order valence-corrected chi connectivity index (χ0v) is 15.5. The van der Waals surface area contributed by atoms with Crippen LogP contribution in [0.5, 0.6) is 5.75 Å². The maximum absolute atomic E-state index is 13.3. The highest BCUT2D eigenvalue weighted by Crippen LogP contribution is 2.34. The van der Waals surface area contributed by atoms with Crippen molar-refractivity contribution in [3.05, 3.63) is 47.8 Å². The Hall–Kier alpha value is -2.36. The van der Waals surface area contributed by atoms with Crippen LogP contribution in [0.1, 0.15) is 22.1 Å². The average Bonchev–Trinajstić information content (AvgIpc) is 3.04. The molecule has 3 N–H and O–H groups in total. The second-order valence-corrected chi connectivity index (χ2v) is 8.00. The number of aromatic nitrogens is 1. The number of carbonyl (C=O) groups excluding carboxylic acids is 1. The van der Waals surface area contributed by atoms with Gasteiger partial charge in [0.25, 0.3) is 5.91 Å². The van der Waals surface area contributed by atoms with Crippen molar-refractivity contribution in [1.29, 1.82) is 0 Å². The number of piperazine rings is 1. The zero-order valence-electron chi connectivity index (χ0n) is 14.7. The fraction of sp³-hybridized carbons (Fsp3) is 0.353. The van der Waals surface area contributed by atoms with Gasteiger partial charge < -0.3 is 20.4 Å². The lowest BCUT2D eigenvalue weighted by Gasteiger charge is -2.35. The Bertz CT molecular complexity index is 923. The normalized spacial score (nSPS) is 18.6. The van der Waals surface area contributed by atoms with Crippen LogP contribution in [0.3, 0.4) is 0 Å². The van der Waals surface area contributed by atoms with E-state index in [0.29, 0.717) is 25.4 Å². The molecule has 1 saturated heterocycles. The van der Waals surface area contributed by atoms with Gasteiger partial charge in [-0.25, -0.2) is 8.42 Å². The molecule has 0 spiro atoms. The topological polar surface area (TPSA) is 107 Å². The standard InChI is InChI=1S/C17H22N4O4S/c1-20-11-12(9-14(20)17(18)22)26(23,24)21-8-7-19-10-15(21)13-5-3-4-6-16(13)25-2/h3-6,9,11,15,19H,7-8,10H2,1-2H3,(H2,18,22). The SMILES string of the molecule is COc1ccccc1C1CNCCN1S(=O)(=O)c1cc(C(N)=O)n(C)c1. The molecular formula is C17H22N4O4S. The number of amides is 1. The molecule has 1 amide bonds. The van der Waals surface area contributed by atoms with Crippen molar-refractivity contribution in [1.82, 2.24) is 14.2 Å². The molecule has 1 unspecified atom stereocenters. The Morgan fingerprint density at radius 1 is 1.35 bits per heavy atom. The first-order chi connectivity index (χ1) is 12.4. The van der Waals surface area contributed by atoms with Crippen LogP contribution in [0.2, 0.25) is 0 Å². The second kappa shape index (κ2) is 7.10. The van der Waals surface area contributed by atoms with Gasteiger partial charge in [0.05, 0.1) is 13.2 Å². The first-order valence-electron chi connectivity index (χ1n) is 8.18. The Kier molecular flexibility index (Phi) is 5.03. The fourth-order valence-electron chi connectivity index (χ4n) is 3.24. The zero-order chi connectivity index (χ0) is 18.9. The summed E-state index contributed by atoms with van der Waals surface area (Å²) in [6, 6.07) is 8.26. The monoisotopic (exact) mass is 378 g/mol. The Balaban J connectivity index is 2.04. The number of nitrogens with two attached hydrogens (primary N) is 1. The van der Waals surface area contributed by atoms with Gasteiger partial charge in [0.1, 0.15) is 16.3 Å². The molecule has 1 aromatic heterocycles. The second-order valence-electron chi connectivity index (χ2n) is 6.11. The third kappa shape index (κ3) is 3.20. The number of nitrogens with zero attached hydrogens (tertiary/aromatic N) is 2. The lowest BCUT2D eigenvalue weighted by atomic mass is 10.0. The number of carbonyl (C=O) groups is 1. The third-order valence-corrected chi connectivity index (χ3v) is 6.40. The molecule has 1 aliphatic heterocycles. The number of ether oxygens (including phenoxy) is 1. The van der Waals surface area contributed by atoms with E-state index in [2.05, 4.69) is 5.32 Å². The van der Waals surface area contributed by atoms with Gasteiger partial charge in [0.2, 0.25) is 10.0 Å². The molecule has 9 heteroatoms. The molecule has 0 bridgehead atoms. The van der Waals surface area contributed by atoms with Crippen molar-refractivity contribution >= 4 is 15.9 Å². The van der Waals surface area contributed by atoms with Crippen molar-refractivity contribution in [3.63, 3.8) is 0 Å². The summed E-state index contributed by atoms with van der Waals surface area (Å²) in [7, 11) is -0.659. The van der Waals surface area contributed by atoms with Gasteiger partial charge >= 0.3 is 0 Å². The Labute approximate surface area is 152 Å². The molecule has 8 nitrogen and oxygen atoms in total. The number of methoxy groups -OCH3 is 1. The highest BCUT2D eigenvalue weighted by atomic mass is 32.2. The number of benzene rings is 1. The van der Waals surface area contributed by atoms with Crippen LogP contribution in [0.25, 0.3) is 0 Å². The molecule has 1 aliphatic rings. The van der Waals surface area contributed by atoms with E-state index in [-0.39, 0.29) is 10.6 Å². The number of hydrogen-bond acceptors (Lipinski definition) is 5. The number of primary amides is 1. The summed E-state index contributed by atoms with van der Waals surface area (Å²) in [5, 5.41) is 3.23. The van der Waals surface area contributed by atoms with Gasteiger partial charge in [-0.15, -0.1) is 0 Å². The van der Waals surface area contributed by atoms with Gasteiger partial charge in [0, 0.05) is 38.4 Å². The quantitative estimate of drug-likeness (QED) is 0.786. The highest BCUT2D eigenvalue weighted by Gasteiger charge is 2.36. The van der Waals surface area contributed by atoms with E-state index in [1.165, 1.54) is 21.1 Å². The minimum absolute atomic E-state index is 0.0515. The lowest BCUT2D eigenvalue weighted by molar-refractivity contribution is 0.0992. The van der Waals surface area contributed by atoms with Gasteiger partial charge in [-0.1, -0.05) is 18.2 Å². The predicted molar refractivity (Wildman–Crippen MR) is 96.4 cm³/mol. The number of nitrogens with one attached hydrogen (secondary N) is 1. The van der Waals surface area contributed by atoms with Crippen LogP contribution < -0.4 is 15.8 Å². The van der Waals surface area contributed by atoms with Crippen LogP contribution in [0, 0.1) is 0 Å². The number of para-hydroxylation sites is 1. The lowest BCUT2D eigenvalue weighted by Crippen LogP contribution is -2.48. The molecule has 140 valence electrons. The van der Waals surface area contributed by atoms with E-state index in [9.17, 15) is 13.2 Å². The molecule has 0 aliphatic carbocycles. The summed E-state index contributed by atoms with van der Waals surface area (Å²) >= 11 is 0. The Morgan fingerprint density at radius 3 is 2.73 bits per heavy atom. The number of sulfonamides is 1. The van der Waals surface area contributed by atoms with Gasteiger partial charge in [-0.3, -0.25) is 4.79 Å². The molecule has 2 aromatic rings. The Morgan fingerprint density at radius 2 is 2.08 bits per heavy atom. The van der Waals surface area contributed by atoms with E-state index in [1.54, 1.807) is 14.2 Å². The smallest absolute Gasteiger partial charge is 0.265 e. The molecule has 2 heterocycles. The van der Waals surface area contributed by atoms with Gasteiger partial charge in [-0.05, 0) is 12.1 Å². The van der Waals surface area contributed by atoms with Crippen molar-refractivity contribution in [2.45, 2.75) is 10.9 Å². The van der Waals surface area contributed by atoms with Crippen molar-refractivity contribution < 1.29 is 17.9 Å². The predicted octanol–water partition coefficient (Wildman–Crippen LogP) is 0.468. The molecule has 0 radical (unpaired) electrons. The fourth-order valence-corrected chi connectivity index (χ4v) is 4.91. The van der Waals surface area contributed by atoms with Crippen molar-refractivity contribution in [2.24, 2.45) is 12.8 Å². The van der Waals surface area contributed by atoms with Crippen LogP contribution in [-0.4, -0.2) is 49.9 Å². The molecule has 1 atom stereocenters. The maximum Gasteiger partial charge on any atom is 0.265 e. The molecule has 3 rings (SSSR count). The van der Waals surface area contributed by atoms with Crippen molar-refractivity contribution in [2.75, 3.05) is 26.7 Å². The van der Waals surface area contributed by atoms with E-state index in [4.69, 9.17) is 10.5 Å². The van der Waals surface area contributed by atoms with Crippen LogP contribution in [0.4, 0.5) is 0 Å². The first kappa shape index (κ1) is 18.4. The molecule has 26 heavy (non-hydrogen) atoms. The summed E-state index contributed by atoms with van der Waals surface area (Å²) in [5.41, 5.74) is 6.25. The van der Waals surface area contributed by atoms with E-state index in [1.807, 2.05) is 24.3 Å². The first-order valence-corrected chi connectivity index (χ1v) is 9.62. The maximum atomic E-state index is 13.3. The average molecular weight is 378 g/mol. The summed E-state index contributed by atoms with van der Waals surface area (Å²) in [5.74, 6) is -0.0390. The van der Waals surface area contributed by atoms with Crippen molar-refractivity contribution in [3.8, 4) is 5.75 Å². The van der Waals surface area contributed by atoms with Crippen LogP contribution in [0.15, 0.2) is 41.4 Å². The van der Waals surface area contributed by atoms with Crippen LogP contribution in [-0.2, 0) is 17.1 Å². The minimum atomic E-state index is -3.81. The number of rotatable bonds is 5.